The molecule has 0 saturated carbocycles. The first-order valence-electron chi connectivity index (χ1n) is 17.6. The lowest BCUT2D eigenvalue weighted by atomic mass is 9.34. The molecule has 0 N–H and O–H groups in total. The maximum Gasteiger partial charge on any atom is 0.244 e. The number of halogens is 4. The Hall–Kier alpha value is -2.93. The largest absolute Gasteiger partial charge is 0.244 e. The molecule has 4 aliphatic rings. The second-order valence-electron chi connectivity index (χ2n) is 16.1. The molecule has 0 aromatic heterocycles. The minimum Gasteiger partial charge on any atom is -0.0656 e. The van der Waals surface area contributed by atoms with E-state index in [2.05, 4.69) is 175 Å². The minimum atomic E-state index is -1.84. The van der Waals surface area contributed by atoms with E-state index in [0.29, 0.717) is 0 Å². The molecule has 7 heteroatoms. The second-order valence-corrected chi connectivity index (χ2v) is 24.8. The molecule has 0 amide bonds. The third-order valence-corrected chi connectivity index (χ3v) is 16.4. The zero-order chi connectivity index (χ0) is 34.6. The van der Waals surface area contributed by atoms with E-state index < -0.39 is 8.07 Å². The minimum absolute atomic E-state index is 0.203. The topological polar surface area (TPSA) is 0 Å². The van der Waals surface area contributed by atoms with Gasteiger partial charge in [-0.05, 0) is 138 Å². The summed E-state index contributed by atoms with van der Waals surface area (Å²) >= 11 is 15.6. The molecular weight excluding hydrogens is 898 g/mol. The summed E-state index contributed by atoms with van der Waals surface area (Å²) in [5.41, 5.74) is 21.0. The zero-order valence-electron chi connectivity index (χ0n) is 28.2. The Labute approximate surface area is 332 Å². The van der Waals surface area contributed by atoms with Gasteiger partial charge in [0.05, 0.1) is 8.07 Å². The van der Waals surface area contributed by atoms with Crippen molar-refractivity contribution in [2.75, 3.05) is 0 Å². The molecule has 0 nitrogen and oxygen atoms in total. The van der Waals surface area contributed by atoms with Crippen LogP contribution >= 0.6 is 63.7 Å². The molecule has 0 radical (unpaired) electrons. The van der Waals surface area contributed by atoms with Gasteiger partial charge in [0.2, 0.25) is 13.4 Å². The van der Waals surface area contributed by atoms with Gasteiger partial charge in [-0.3, -0.25) is 0 Å². The first-order chi connectivity index (χ1) is 24.5. The van der Waals surface area contributed by atoms with E-state index in [1.807, 2.05) is 0 Å². The van der Waals surface area contributed by atoms with Crippen LogP contribution in [0.5, 0.6) is 0 Å². The highest BCUT2D eigenvalue weighted by molar-refractivity contribution is 9.11. The number of fused-ring (bicyclic) bond motifs is 10. The lowest BCUT2D eigenvalue weighted by Gasteiger charge is -2.34. The van der Waals surface area contributed by atoms with Crippen LogP contribution in [0.2, 0.25) is 19.6 Å². The molecule has 51 heavy (non-hydrogen) atoms. The van der Waals surface area contributed by atoms with Crippen LogP contribution in [-0.2, 0) is 0 Å². The molecule has 12 rings (SSSR count). The maximum atomic E-state index is 3.98. The highest BCUT2D eigenvalue weighted by Gasteiger charge is 2.45. The van der Waals surface area contributed by atoms with Crippen molar-refractivity contribution in [2.45, 2.75) is 26.6 Å². The second kappa shape index (κ2) is 9.78. The average molecular weight is 924 g/mol. The fraction of sp³-hybridized carbons (Fsp3) is 0.0909. The molecule has 8 aromatic rings. The number of benzene rings is 8. The summed E-state index contributed by atoms with van der Waals surface area (Å²) in [4.78, 5) is 0. The van der Waals surface area contributed by atoms with Crippen LogP contribution in [0.1, 0.15) is 5.56 Å². The normalized spacial score (nSPS) is 14.2. The van der Waals surface area contributed by atoms with Crippen LogP contribution in [0.15, 0.2) is 103 Å². The Morgan fingerprint density at radius 1 is 0.412 bits per heavy atom. The first kappa shape index (κ1) is 30.5. The van der Waals surface area contributed by atoms with Crippen molar-refractivity contribution >= 4 is 156 Å². The summed E-state index contributed by atoms with van der Waals surface area (Å²) < 4.78 is 4.54. The van der Waals surface area contributed by atoms with E-state index >= 15 is 0 Å². The van der Waals surface area contributed by atoms with E-state index in [1.54, 1.807) is 5.19 Å². The fourth-order valence-electron chi connectivity index (χ4n) is 10.7. The number of aryl methyl sites for hydroxylation is 1. The van der Waals surface area contributed by atoms with E-state index in [1.165, 1.54) is 115 Å². The molecule has 0 aliphatic carbocycles. The maximum absolute atomic E-state index is 3.98. The number of hydrogen-bond acceptors (Lipinski definition) is 0. The van der Waals surface area contributed by atoms with Crippen LogP contribution < -0.4 is 38.0 Å². The summed E-state index contributed by atoms with van der Waals surface area (Å²) in [6, 6.07) is 33.8. The average Bonchev–Trinajstić information content (AvgIpc) is 3.57. The lowest BCUT2D eigenvalue weighted by Crippen LogP contribution is -2.53. The van der Waals surface area contributed by atoms with Gasteiger partial charge in [0.1, 0.15) is 0 Å². The van der Waals surface area contributed by atoms with Crippen LogP contribution in [0.4, 0.5) is 0 Å². The molecule has 8 aromatic carbocycles. The summed E-state index contributed by atoms with van der Waals surface area (Å²) in [7, 11) is -1.84. The zero-order valence-corrected chi connectivity index (χ0v) is 35.6. The Bertz CT molecular complexity index is 3020. The predicted octanol–water partition coefficient (Wildman–Crippen LogP) is 9.44. The molecule has 4 heterocycles. The van der Waals surface area contributed by atoms with Gasteiger partial charge < -0.3 is 0 Å². The summed E-state index contributed by atoms with van der Waals surface area (Å²) in [5, 5.41) is 10.3. The lowest BCUT2D eigenvalue weighted by molar-refractivity contribution is 1.54. The van der Waals surface area contributed by atoms with Crippen LogP contribution in [0, 0.1) is 6.92 Å². The molecule has 0 spiro atoms. The Morgan fingerprint density at radius 3 is 1.35 bits per heavy atom. The molecule has 0 unspecified atom stereocenters. The van der Waals surface area contributed by atoms with Gasteiger partial charge in [-0.25, -0.2) is 0 Å². The van der Waals surface area contributed by atoms with Gasteiger partial charge in [-0.15, -0.1) is 0 Å². The number of rotatable bonds is 1. The van der Waals surface area contributed by atoms with Crippen molar-refractivity contribution in [2.24, 2.45) is 0 Å². The quantitative estimate of drug-likeness (QED) is 0.114. The van der Waals surface area contributed by atoms with Gasteiger partial charge in [0, 0.05) is 17.9 Å². The first-order valence-corrected chi connectivity index (χ1v) is 24.3. The van der Waals surface area contributed by atoms with Gasteiger partial charge in [0.25, 0.3) is 0 Å². The van der Waals surface area contributed by atoms with Crippen molar-refractivity contribution in [1.29, 1.82) is 0 Å². The van der Waals surface area contributed by atoms with E-state index in [0.717, 1.165) is 17.9 Å². The Balaban J connectivity index is 1.33. The van der Waals surface area contributed by atoms with Gasteiger partial charge in [-0.2, -0.15) is 0 Å². The SMILES string of the molecule is Cc1cc2c3c(cc4c([Si](C)(C)C)cc5c6c(cc1c3c46)B1c3ccc(Br)cc3-c3cc(Br)cc-5c31)B1c3ccc(Br)cc3-c3cc(Br)cc-2c31. The van der Waals surface area contributed by atoms with E-state index in [4.69, 9.17) is 0 Å². The van der Waals surface area contributed by atoms with E-state index in [9.17, 15) is 0 Å². The molecule has 4 aliphatic heterocycles. The Kier molecular flexibility index (Phi) is 5.85. The van der Waals surface area contributed by atoms with Crippen molar-refractivity contribution in [3.8, 4) is 44.5 Å². The molecule has 0 bridgehead atoms. The molecular formula is C44H26B2Br4Si. The van der Waals surface area contributed by atoms with E-state index in [-0.39, 0.29) is 13.4 Å². The predicted molar refractivity (Wildman–Crippen MR) is 240 cm³/mol. The standard InChI is InChI=1S/C44H26B2Br4Si/c1-19-9-27-31-14-22(49)12-29-25-10-21(48)6-8-35(25)46(43(29)31)37-17-33-38(51(2,3)4)18-28-32-15-23(50)13-30-26-11-20(47)5-7-34(26)45(44(30)32)36-16-24(19)41(39(27)37)42(33)40(28)36/h5-18H,1-4H3. The fourth-order valence-corrected chi connectivity index (χ4v) is 13.9. The van der Waals surface area contributed by atoms with Crippen molar-refractivity contribution in [3.63, 3.8) is 0 Å². The summed E-state index contributed by atoms with van der Waals surface area (Å²) in [6.07, 6.45) is 0. The Morgan fingerprint density at radius 2 is 0.843 bits per heavy atom. The van der Waals surface area contributed by atoms with Gasteiger partial charge in [0.15, 0.2) is 0 Å². The summed E-state index contributed by atoms with van der Waals surface area (Å²) in [5.74, 6) is 0. The van der Waals surface area contributed by atoms with Crippen molar-refractivity contribution in [3.05, 3.63) is 108 Å². The monoisotopic (exact) mass is 920 g/mol. The summed E-state index contributed by atoms with van der Waals surface area (Å²) in [6.45, 7) is 10.4. The molecule has 240 valence electrons. The van der Waals surface area contributed by atoms with Gasteiger partial charge >= 0.3 is 0 Å². The van der Waals surface area contributed by atoms with Crippen molar-refractivity contribution < 1.29 is 0 Å². The molecule has 0 saturated heterocycles. The smallest absolute Gasteiger partial charge is 0.0656 e. The van der Waals surface area contributed by atoms with Gasteiger partial charge in [-0.1, -0.05) is 158 Å². The van der Waals surface area contributed by atoms with Crippen LogP contribution in [-0.4, -0.2) is 21.5 Å². The molecule has 0 atom stereocenters. The third-order valence-electron chi connectivity index (χ3n) is 12.5. The molecule has 0 fully saturated rings. The number of hydrogen-bond donors (Lipinski definition) is 0. The van der Waals surface area contributed by atoms with Crippen LogP contribution in [0.25, 0.3) is 76.8 Å². The highest BCUT2D eigenvalue weighted by atomic mass is 79.9. The van der Waals surface area contributed by atoms with Crippen LogP contribution in [0.3, 0.4) is 0 Å². The highest BCUT2D eigenvalue weighted by Crippen LogP contribution is 2.48. The third kappa shape index (κ3) is 3.68. The van der Waals surface area contributed by atoms with Crippen molar-refractivity contribution in [1.82, 2.24) is 0 Å².